The number of nitrogens with zero attached hydrogens (tertiary/aromatic N) is 3. The predicted octanol–water partition coefficient (Wildman–Crippen LogP) is 2.33. The van der Waals surface area contributed by atoms with Crippen LogP contribution in [0.1, 0.15) is 36.9 Å². The molecule has 6 heteroatoms. The average molecular weight is 340 g/mol. The predicted molar refractivity (Wildman–Crippen MR) is 95.0 cm³/mol. The normalized spacial score (nSPS) is 15.7. The number of carbonyl (C=O) groups is 1. The maximum absolute atomic E-state index is 12.9. The van der Waals surface area contributed by atoms with Crippen LogP contribution in [0.3, 0.4) is 0 Å². The Morgan fingerprint density at radius 3 is 2.80 bits per heavy atom. The number of amides is 1. The number of nitrogens with one attached hydrogen (secondary N) is 1. The van der Waals surface area contributed by atoms with E-state index in [2.05, 4.69) is 20.2 Å². The van der Waals surface area contributed by atoms with Crippen molar-refractivity contribution in [3.05, 3.63) is 54.0 Å². The van der Waals surface area contributed by atoms with Crippen LogP contribution < -0.4 is 10.1 Å². The molecule has 0 aromatic carbocycles. The Bertz CT molecular complexity index is 687. The molecule has 1 saturated heterocycles. The lowest BCUT2D eigenvalue weighted by atomic mass is 10.1. The summed E-state index contributed by atoms with van der Waals surface area (Å²) in [5, 5.41) is 3.04. The van der Waals surface area contributed by atoms with E-state index in [1.54, 1.807) is 18.6 Å². The molecular weight excluding hydrogens is 316 g/mol. The van der Waals surface area contributed by atoms with Gasteiger partial charge in [0, 0.05) is 30.7 Å². The van der Waals surface area contributed by atoms with Gasteiger partial charge in [-0.15, -0.1) is 0 Å². The summed E-state index contributed by atoms with van der Waals surface area (Å²) in [4.78, 5) is 23.6. The van der Waals surface area contributed by atoms with Gasteiger partial charge in [0.2, 0.25) is 11.8 Å². The van der Waals surface area contributed by atoms with E-state index in [9.17, 15) is 4.79 Å². The van der Waals surface area contributed by atoms with Gasteiger partial charge in [0.1, 0.15) is 6.04 Å². The minimum Gasteiger partial charge on any atom is -0.478 e. The van der Waals surface area contributed by atoms with Crippen molar-refractivity contribution < 1.29 is 9.53 Å². The number of hydrogen-bond acceptors (Lipinski definition) is 5. The van der Waals surface area contributed by atoms with Gasteiger partial charge in [-0.05, 0) is 50.6 Å². The fourth-order valence-electron chi connectivity index (χ4n) is 3.17. The van der Waals surface area contributed by atoms with E-state index < -0.39 is 0 Å². The number of likely N-dealkylation sites (tertiary alicyclic amines) is 1. The highest BCUT2D eigenvalue weighted by Gasteiger charge is 2.29. The quantitative estimate of drug-likeness (QED) is 0.838. The molecule has 0 unspecified atom stereocenters. The van der Waals surface area contributed by atoms with E-state index in [1.165, 1.54) is 0 Å². The molecule has 2 aromatic rings. The zero-order valence-corrected chi connectivity index (χ0v) is 14.5. The van der Waals surface area contributed by atoms with E-state index >= 15 is 0 Å². The third kappa shape index (κ3) is 4.33. The first-order chi connectivity index (χ1) is 12.3. The van der Waals surface area contributed by atoms with Gasteiger partial charge in [-0.1, -0.05) is 12.1 Å². The minimum absolute atomic E-state index is 0.0128. The third-order valence-corrected chi connectivity index (χ3v) is 4.34. The number of pyridine rings is 2. The first kappa shape index (κ1) is 17.4. The van der Waals surface area contributed by atoms with Gasteiger partial charge in [-0.25, -0.2) is 4.98 Å². The Kier molecular flexibility index (Phi) is 5.95. The van der Waals surface area contributed by atoms with E-state index in [0.29, 0.717) is 19.0 Å². The molecule has 0 bridgehead atoms. The molecule has 1 amide bonds. The molecule has 25 heavy (non-hydrogen) atoms. The van der Waals surface area contributed by atoms with Crippen molar-refractivity contribution >= 4 is 5.91 Å². The summed E-state index contributed by atoms with van der Waals surface area (Å²) >= 11 is 0. The molecule has 6 nitrogen and oxygen atoms in total. The maximum Gasteiger partial charge on any atom is 0.242 e. The first-order valence-corrected chi connectivity index (χ1v) is 8.78. The molecule has 1 N–H and O–H groups in total. The summed E-state index contributed by atoms with van der Waals surface area (Å²) in [6.45, 7) is 4.73. The van der Waals surface area contributed by atoms with E-state index in [-0.39, 0.29) is 11.9 Å². The molecule has 0 spiro atoms. The Morgan fingerprint density at radius 2 is 2.08 bits per heavy atom. The van der Waals surface area contributed by atoms with Gasteiger partial charge in [-0.2, -0.15) is 0 Å². The lowest BCUT2D eigenvalue weighted by molar-refractivity contribution is -0.126. The highest BCUT2D eigenvalue weighted by molar-refractivity contribution is 5.83. The van der Waals surface area contributed by atoms with Crippen molar-refractivity contribution in [2.75, 3.05) is 19.7 Å². The molecule has 132 valence electrons. The highest BCUT2D eigenvalue weighted by Crippen LogP contribution is 2.25. The topological polar surface area (TPSA) is 67.3 Å². The Labute approximate surface area is 148 Å². The van der Waals surface area contributed by atoms with E-state index in [1.807, 2.05) is 31.2 Å². The van der Waals surface area contributed by atoms with E-state index in [4.69, 9.17) is 4.74 Å². The van der Waals surface area contributed by atoms with Crippen molar-refractivity contribution in [1.29, 1.82) is 0 Å². The fraction of sp³-hybridized carbons (Fsp3) is 0.421. The van der Waals surface area contributed by atoms with Gasteiger partial charge in [0.05, 0.1) is 6.61 Å². The largest absolute Gasteiger partial charge is 0.478 e. The zero-order chi connectivity index (χ0) is 17.5. The van der Waals surface area contributed by atoms with Crippen molar-refractivity contribution in [2.45, 2.75) is 32.4 Å². The van der Waals surface area contributed by atoms with Gasteiger partial charge < -0.3 is 10.1 Å². The van der Waals surface area contributed by atoms with Crippen molar-refractivity contribution in [3.63, 3.8) is 0 Å². The Morgan fingerprint density at radius 1 is 1.28 bits per heavy atom. The Hall–Kier alpha value is -2.47. The summed E-state index contributed by atoms with van der Waals surface area (Å²) in [7, 11) is 0. The van der Waals surface area contributed by atoms with Crippen LogP contribution in [0, 0.1) is 0 Å². The molecule has 1 fully saturated rings. The van der Waals surface area contributed by atoms with Crippen LogP contribution in [0.4, 0.5) is 0 Å². The zero-order valence-electron chi connectivity index (χ0n) is 14.5. The summed E-state index contributed by atoms with van der Waals surface area (Å²) in [6.07, 6.45) is 7.45. The highest BCUT2D eigenvalue weighted by atomic mass is 16.5. The maximum atomic E-state index is 12.9. The minimum atomic E-state index is -0.302. The molecule has 3 rings (SSSR count). The second-order valence-corrected chi connectivity index (χ2v) is 6.05. The molecular formula is C19H24N4O2. The summed E-state index contributed by atoms with van der Waals surface area (Å²) in [5.41, 5.74) is 1.81. The van der Waals surface area contributed by atoms with Crippen LogP contribution in [-0.4, -0.2) is 40.5 Å². The van der Waals surface area contributed by atoms with Crippen molar-refractivity contribution in [2.24, 2.45) is 0 Å². The molecule has 0 radical (unpaired) electrons. The van der Waals surface area contributed by atoms with Crippen LogP contribution in [0.5, 0.6) is 5.88 Å². The number of hydrogen-bond donors (Lipinski definition) is 1. The second-order valence-electron chi connectivity index (χ2n) is 6.05. The molecule has 1 aliphatic rings. The van der Waals surface area contributed by atoms with Crippen LogP contribution in [-0.2, 0) is 11.3 Å². The van der Waals surface area contributed by atoms with Gasteiger partial charge >= 0.3 is 0 Å². The van der Waals surface area contributed by atoms with Crippen molar-refractivity contribution in [3.8, 4) is 5.88 Å². The summed E-state index contributed by atoms with van der Waals surface area (Å²) < 4.78 is 5.53. The molecule has 0 saturated carbocycles. The number of ether oxygens (including phenoxy) is 1. The molecule has 1 aliphatic heterocycles. The van der Waals surface area contributed by atoms with Crippen molar-refractivity contribution in [1.82, 2.24) is 20.2 Å². The molecule has 0 aliphatic carbocycles. The number of rotatable bonds is 7. The molecule has 3 heterocycles. The summed E-state index contributed by atoms with van der Waals surface area (Å²) in [6, 6.07) is 7.31. The van der Waals surface area contributed by atoms with Gasteiger partial charge in [0.15, 0.2) is 0 Å². The molecule has 1 atom stereocenters. The molecule has 2 aromatic heterocycles. The third-order valence-electron chi connectivity index (χ3n) is 4.34. The standard InChI is InChI=1S/C19H24N4O2/c1-2-25-19-16(8-6-10-21-19)14-22-18(24)17(23-11-3-4-12-23)15-7-5-9-20-13-15/h5-10,13,17H,2-4,11-12,14H2,1H3,(H,22,24)/t17-/m0/s1. The SMILES string of the molecule is CCOc1ncccc1CNC(=O)[C@H](c1cccnc1)N1CCCC1. The second kappa shape index (κ2) is 8.58. The van der Waals surface area contributed by atoms with Gasteiger partial charge in [-0.3, -0.25) is 14.7 Å². The average Bonchev–Trinajstić information content (AvgIpc) is 3.16. The van der Waals surface area contributed by atoms with Crippen LogP contribution in [0.15, 0.2) is 42.9 Å². The lowest BCUT2D eigenvalue weighted by Gasteiger charge is -2.26. The van der Waals surface area contributed by atoms with E-state index in [0.717, 1.165) is 37.1 Å². The van der Waals surface area contributed by atoms with Crippen LogP contribution in [0.25, 0.3) is 0 Å². The monoisotopic (exact) mass is 340 g/mol. The lowest BCUT2D eigenvalue weighted by Crippen LogP contribution is -2.39. The Balaban J connectivity index is 1.73. The number of aromatic nitrogens is 2. The number of carbonyl (C=O) groups excluding carboxylic acids is 1. The smallest absolute Gasteiger partial charge is 0.242 e. The van der Waals surface area contributed by atoms with Crippen LogP contribution >= 0.6 is 0 Å². The van der Waals surface area contributed by atoms with Crippen LogP contribution in [0.2, 0.25) is 0 Å². The fourth-order valence-corrected chi connectivity index (χ4v) is 3.17. The summed E-state index contributed by atoms with van der Waals surface area (Å²) in [5.74, 6) is 0.561. The van der Waals surface area contributed by atoms with Gasteiger partial charge in [0.25, 0.3) is 0 Å². The first-order valence-electron chi connectivity index (χ1n) is 8.78.